The molecule has 2 aromatic carbocycles. The lowest BCUT2D eigenvalue weighted by Crippen LogP contribution is -2.30. The molecule has 0 atom stereocenters. The van der Waals surface area contributed by atoms with Gasteiger partial charge >= 0.3 is 0 Å². The lowest BCUT2D eigenvalue weighted by Gasteiger charge is -2.28. The third kappa shape index (κ3) is 15.3. The predicted molar refractivity (Wildman–Crippen MR) is 143 cm³/mol. The first-order chi connectivity index (χ1) is 17.7. The molecule has 0 aliphatic heterocycles. The summed E-state index contributed by atoms with van der Waals surface area (Å²) in [4.78, 5) is 0. The number of unbranched alkanes of at least 4 members (excludes halogenated alkanes) is 1. The van der Waals surface area contributed by atoms with E-state index in [-0.39, 0.29) is 0 Å². The Hall–Kier alpha value is -1.80. The Bertz CT molecular complexity index is 684. The van der Waals surface area contributed by atoms with E-state index < -0.39 is 5.60 Å². The van der Waals surface area contributed by atoms with E-state index in [2.05, 4.69) is 24.3 Å². The molecule has 202 valence electrons. The molecule has 0 aliphatic carbocycles. The van der Waals surface area contributed by atoms with Gasteiger partial charge < -0.3 is 28.8 Å². The van der Waals surface area contributed by atoms with Crippen molar-refractivity contribution in [2.45, 2.75) is 63.8 Å². The van der Waals surface area contributed by atoms with Gasteiger partial charge in [-0.2, -0.15) is 0 Å². The van der Waals surface area contributed by atoms with Gasteiger partial charge in [0.05, 0.1) is 45.2 Å². The van der Waals surface area contributed by atoms with Crippen molar-refractivity contribution in [3.8, 4) is 0 Å². The third-order valence-electron chi connectivity index (χ3n) is 6.07. The molecule has 0 aliphatic rings. The number of rotatable bonds is 23. The second kappa shape index (κ2) is 20.3. The van der Waals surface area contributed by atoms with Gasteiger partial charge in [0, 0.05) is 26.9 Å². The molecular weight excluding hydrogens is 456 g/mol. The molecule has 0 unspecified atom stereocenters. The average molecular weight is 503 g/mol. The maximum absolute atomic E-state index is 11.2. The monoisotopic (exact) mass is 502 g/mol. The van der Waals surface area contributed by atoms with Gasteiger partial charge in [0.25, 0.3) is 0 Å². The molecule has 0 aromatic heterocycles. The number of hydrogen-bond donors (Lipinski definition) is 1. The number of hydrogen-bond acceptors (Lipinski definition) is 6. The van der Waals surface area contributed by atoms with Crippen LogP contribution < -0.4 is 0 Å². The van der Waals surface area contributed by atoms with Crippen LogP contribution in [0.15, 0.2) is 60.7 Å². The highest BCUT2D eigenvalue weighted by Crippen LogP contribution is 2.26. The van der Waals surface area contributed by atoms with Crippen molar-refractivity contribution >= 4 is 0 Å². The minimum atomic E-state index is -0.686. The van der Waals surface area contributed by atoms with E-state index in [1.807, 2.05) is 36.4 Å². The van der Waals surface area contributed by atoms with Crippen molar-refractivity contribution in [1.82, 2.24) is 0 Å². The van der Waals surface area contributed by atoms with E-state index in [1.165, 1.54) is 11.1 Å². The van der Waals surface area contributed by atoms with Crippen LogP contribution in [0, 0.1) is 0 Å². The fourth-order valence-electron chi connectivity index (χ4n) is 4.05. The summed E-state index contributed by atoms with van der Waals surface area (Å²) in [5, 5.41) is 11.2. The van der Waals surface area contributed by atoms with E-state index >= 15 is 0 Å². The highest BCUT2D eigenvalue weighted by Gasteiger charge is 2.25. The Morgan fingerprint density at radius 3 is 1.44 bits per heavy atom. The lowest BCUT2D eigenvalue weighted by atomic mass is 9.87. The second-order valence-corrected chi connectivity index (χ2v) is 9.18. The molecule has 2 rings (SSSR count). The molecule has 0 bridgehead atoms. The fourth-order valence-corrected chi connectivity index (χ4v) is 4.05. The zero-order valence-corrected chi connectivity index (χ0v) is 22.1. The van der Waals surface area contributed by atoms with Gasteiger partial charge in [-0.1, -0.05) is 60.7 Å². The molecule has 0 spiro atoms. The Morgan fingerprint density at radius 1 is 0.528 bits per heavy atom. The maximum atomic E-state index is 11.2. The summed E-state index contributed by atoms with van der Waals surface area (Å²) >= 11 is 0. The van der Waals surface area contributed by atoms with E-state index in [9.17, 15) is 5.11 Å². The van der Waals surface area contributed by atoms with Crippen LogP contribution in [0.3, 0.4) is 0 Å². The number of benzene rings is 2. The topological polar surface area (TPSA) is 66.4 Å². The van der Waals surface area contributed by atoms with Gasteiger partial charge in [-0.05, 0) is 56.1 Å². The van der Waals surface area contributed by atoms with Crippen LogP contribution in [-0.4, -0.2) is 64.1 Å². The van der Waals surface area contributed by atoms with Gasteiger partial charge in [-0.25, -0.2) is 0 Å². The highest BCUT2D eigenvalue weighted by atomic mass is 16.5. The van der Waals surface area contributed by atoms with Crippen LogP contribution in [-0.2, 0) is 36.9 Å². The Labute approximate surface area is 217 Å². The summed E-state index contributed by atoms with van der Waals surface area (Å²) in [7, 11) is 1.72. The van der Waals surface area contributed by atoms with Crippen molar-refractivity contribution in [2.24, 2.45) is 0 Å². The summed E-state index contributed by atoms with van der Waals surface area (Å²) < 4.78 is 27.9. The minimum absolute atomic E-state index is 0.569. The first-order valence-corrected chi connectivity index (χ1v) is 13.3. The van der Waals surface area contributed by atoms with E-state index in [0.717, 1.165) is 51.6 Å². The van der Waals surface area contributed by atoms with Gasteiger partial charge in [-0.15, -0.1) is 0 Å². The molecule has 0 radical (unpaired) electrons. The molecule has 2 aromatic rings. The van der Waals surface area contributed by atoms with Crippen molar-refractivity contribution in [1.29, 1.82) is 0 Å². The van der Waals surface area contributed by atoms with Crippen molar-refractivity contribution in [3.05, 3.63) is 71.8 Å². The van der Waals surface area contributed by atoms with Gasteiger partial charge in [-0.3, -0.25) is 0 Å². The quantitative estimate of drug-likeness (QED) is 0.201. The number of methoxy groups -OCH3 is 1. The van der Waals surface area contributed by atoms with E-state index in [0.29, 0.717) is 52.9 Å². The molecule has 0 saturated carbocycles. The smallest absolute Gasteiger partial charge is 0.0718 e. The van der Waals surface area contributed by atoms with Crippen molar-refractivity contribution in [2.75, 3.05) is 53.4 Å². The molecule has 0 heterocycles. The van der Waals surface area contributed by atoms with Crippen LogP contribution >= 0.6 is 0 Å². The SMILES string of the molecule is COCCCCC(O)(CCCOCCOCc1ccccc1)CCCOCCOCc1ccccc1. The largest absolute Gasteiger partial charge is 0.390 e. The zero-order valence-electron chi connectivity index (χ0n) is 22.1. The van der Waals surface area contributed by atoms with Crippen LogP contribution in [0.4, 0.5) is 0 Å². The molecule has 0 fully saturated rings. The Kier molecular flexibility index (Phi) is 17.1. The van der Waals surface area contributed by atoms with E-state index in [4.69, 9.17) is 23.7 Å². The molecule has 6 nitrogen and oxygen atoms in total. The fraction of sp³-hybridized carbons (Fsp3) is 0.600. The second-order valence-electron chi connectivity index (χ2n) is 9.18. The van der Waals surface area contributed by atoms with Crippen molar-refractivity contribution in [3.63, 3.8) is 0 Å². The van der Waals surface area contributed by atoms with Gasteiger partial charge in [0.2, 0.25) is 0 Å². The first kappa shape index (κ1) is 30.4. The minimum Gasteiger partial charge on any atom is -0.390 e. The first-order valence-electron chi connectivity index (χ1n) is 13.3. The summed E-state index contributed by atoms with van der Waals surface area (Å²) in [6.07, 6.45) is 5.80. The van der Waals surface area contributed by atoms with Crippen LogP contribution in [0.25, 0.3) is 0 Å². The van der Waals surface area contributed by atoms with Crippen LogP contribution in [0.5, 0.6) is 0 Å². The number of aliphatic hydroxyl groups is 1. The molecule has 1 N–H and O–H groups in total. The number of ether oxygens (including phenoxy) is 5. The zero-order chi connectivity index (χ0) is 25.6. The van der Waals surface area contributed by atoms with Crippen molar-refractivity contribution < 1.29 is 28.8 Å². The summed E-state index contributed by atoms with van der Waals surface area (Å²) in [5.41, 5.74) is 1.65. The normalized spacial score (nSPS) is 11.7. The summed E-state index contributed by atoms with van der Waals surface area (Å²) in [5.74, 6) is 0. The third-order valence-corrected chi connectivity index (χ3v) is 6.07. The van der Waals surface area contributed by atoms with E-state index in [1.54, 1.807) is 7.11 Å². The lowest BCUT2D eigenvalue weighted by molar-refractivity contribution is -0.0152. The molecule has 6 heteroatoms. The van der Waals surface area contributed by atoms with Gasteiger partial charge in [0.15, 0.2) is 0 Å². The standard InChI is InChI=1S/C30H46O6/c1-32-19-9-8-16-30(31,17-10-20-33-22-24-35-26-28-12-4-2-5-13-28)18-11-21-34-23-25-36-27-29-14-6-3-7-15-29/h2-7,12-15,31H,8-11,16-27H2,1H3. The summed E-state index contributed by atoms with van der Waals surface area (Å²) in [6, 6.07) is 20.3. The van der Waals surface area contributed by atoms with Gasteiger partial charge in [0.1, 0.15) is 0 Å². The molecule has 36 heavy (non-hydrogen) atoms. The predicted octanol–water partition coefficient (Wildman–Crippen LogP) is 5.56. The van der Waals surface area contributed by atoms with Crippen LogP contribution in [0.2, 0.25) is 0 Å². The average Bonchev–Trinajstić information content (AvgIpc) is 2.91. The Morgan fingerprint density at radius 2 is 0.972 bits per heavy atom. The highest BCUT2D eigenvalue weighted by molar-refractivity contribution is 5.14. The Balaban J connectivity index is 1.53. The molecule has 0 saturated heterocycles. The molecule has 0 amide bonds. The van der Waals surface area contributed by atoms with Crippen LogP contribution in [0.1, 0.15) is 56.1 Å². The molecular formula is C30H46O6. The summed E-state index contributed by atoms with van der Waals surface area (Å²) in [6.45, 7) is 5.48. The maximum Gasteiger partial charge on any atom is 0.0718 e.